The molecule has 0 aromatic rings. The first-order valence-electron chi connectivity index (χ1n) is 3.48. The van der Waals surface area contributed by atoms with Crippen molar-refractivity contribution in [2.45, 2.75) is 25.0 Å². The van der Waals surface area contributed by atoms with E-state index in [9.17, 15) is 8.42 Å². The Morgan fingerprint density at radius 3 is 2.45 bits per heavy atom. The molecule has 0 aromatic carbocycles. The topological polar surface area (TPSA) is 43.4 Å². The van der Waals surface area contributed by atoms with Crippen molar-refractivity contribution in [1.82, 2.24) is 0 Å². The molecule has 0 saturated carbocycles. The lowest BCUT2D eigenvalue weighted by Crippen LogP contribution is -2.17. The van der Waals surface area contributed by atoms with Crippen molar-refractivity contribution in [3.63, 3.8) is 0 Å². The van der Waals surface area contributed by atoms with Crippen LogP contribution in [-0.4, -0.2) is 26.5 Å². The maximum Gasteiger partial charge on any atom is 0.268 e. The van der Waals surface area contributed by atoms with Gasteiger partial charge in [-0.3, -0.25) is 4.18 Å². The zero-order chi connectivity index (χ0) is 8.91. The van der Waals surface area contributed by atoms with Crippen LogP contribution in [0, 0.1) is 0 Å². The molecule has 1 atom stereocenters. The van der Waals surface area contributed by atoms with E-state index in [4.69, 9.17) is 0 Å². The van der Waals surface area contributed by atoms with Crippen LogP contribution < -0.4 is 0 Å². The summed E-state index contributed by atoms with van der Waals surface area (Å²) in [6.45, 7) is 1.99. The summed E-state index contributed by atoms with van der Waals surface area (Å²) in [6, 6.07) is 0. The van der Waals surface area contributed by atoms with Gasteiger partial charge in [-0.25, -0.2) is 0 Å². The highest BCUT2D eigenvalue weighted by Crippen LogP contribution is 2.08. The van der Waals surface area contributed by atoms with Gasteiger partial charge in [0.1, 0.15) is 0 Å². The van der Waals surface area contributed by atoms with Crippen molar-refractivity contribution in [2.24, 2.45) is 0 Å². The Balaban J connectivity index is 3.84. The van der Waals surface area contributed by atoms with Gasteiger partial charge in [-0.05, 0) is 6.42 Å². The molecule has 0 radical (unpaired) electrons. The molecule has 68 valence electrons. The van der Waals surface area contributed by atoms with Gasteiger partial charge in [-0.2, -0.15) is 21.0 Å². The highest BCUT2D eigenvalue weighted by molar-refractivity contribution is 7.88. The summed E-state index contributed by atoms with van der Waals surface area (Å²) >= 11 is 4.10. The van der Waals surface area contributed by atoms with Crippen molar-refractivity contribution >= 4 is 22.7 Å². The van der Waals surface area contributed by atoms with Crippen LogP contribution in [-0.2, 0) is 14.3 Å². The van der Waals surface area contributed by atoms with Gasteiger partial charge in [-0.1, -0.05) is 13.3 Å². The molecular weight excluding hydrogens is 184 g/mol. The van der Waals surface area contributed by atoms with Crippen molar-refractivity contribution in [1.29, 1.82) is 0 Å². The minimum atomic E-state index is -3.32. The summed E-state index contributed by atoms with van der Waals surface area (Å²) < 4.78 is 25.9. The Morgan fingerprint density at radius 1 is 1.55 bits per heavy atom. The highest BCUT2D eigenvalue weighted by Gasteiger charge is 2.14. The standard InChI is InChI=1S/C6H14O3S2/c1-3-4-6(10)5-11(7,8)9-2/h6,10H,3-5H2,1-2H3. The van der Waals surface area contributed by atoms with E-state index in [1.807, 2.05) is 6.92 Å². The first-order chi connectivity index (χ1) is 5.02. The van der Waals surface area contributed by atoms with Gasteiger partial charge >= 0.3 is 0 Å². The molecule has 0 fully saturated rings. The summed E-state index contributed by atoms with van der Waals surface area (Å²) in [7, 11) is -2.15. The lowest BCUT2D eigenvalue weighted by molar-refractivity contribution is 0.397. The summed E-state index contributed by atoms with van der Waals surface area (Å²) in [5.41, 5.74) is 0. The quantitative estimate of drug-likeness (QED) is 0.530. The van der Waals surface area contributed by atoms with E-state index in [-0.39, 0.29) is 11.0 Å². The van der Waals surface area contributed by atoms with E-state index in [0.717, 1.165) is 12.8 Å². The van der Waals surface area contributed by atoms with Gasteiger partial charge in [0.15, 0.2) is 0 Å². The summed E-state index contributed by atoms with van der Waals surface area (Å²) in [4.78, 5) is 0. The number of thiol groups is 1. The van der Waals surface area contributed by atoms with E-state index in [1.54, 1.807) is 0 Å². The van der Waals surface area contributed by atoms with Crippen LogP contribution in [0.4, 0.5) is 0 Å². The molecular formula is C6H14O3S2. The fourth-order valence-electron chi connectivity index (χ4n) is 0.720. The zero-order valence-electron chi connectivity index (χ0n) is 6.78. The van der Waals surface area contributed by atoms with E-state index < -0.39 is 10.1 Å². The Kier molecular flexibility index (Phi) is 5.12. The van der Waals surface area contributed by atoms with Crippen molar-refractivity contribution in [3.8, 4) is 0 Å². The number of rotatable bonds is 5. The first-order valence-corrected chi connectivity index (χ1v) is 5.57. The summed E-state index contributed by atoms with van der Waals surface area (Å²) in [5.74, 6) is 0.000448. The van der Waals surface area contributed by atoms with E-state index in [0.29, 0.717) is 0 Å². The van der Waals surface area contributed by atoms with Crippen LogP contribution in [0.5, 0.6) is 0 Å². The van der Waals surface area contributed by atoms with Crippen molar-refractivity contribution in [3.05, 3.63) is 0 Å². The number of hydrogen-bond acceptors (Lipinski definition) is 4. The average Bonchev–Trinajstić information content (AvgIpc) is 1.87. The third kappa shape index (κ3) is 5.52. The molecule has 0 rings (SSSR count). The van der Waals surface area contributed by atoms with Gasteiger partial charge < -0.3 is 0 Å². The molecule has 0 aromatic heterocycles. The average molecular weight is 198 g/mol. The molecule has 0 amide bonds. The summed E-state index contributed by atoms with van der Waals surface area (Å²) in [6.07, 6.45) is 1.74. The molecule has 0 N–H and O–H groups in total. The van der Waals surface area contributed by atoms with E-state index >= 15 is 0 Å². The molecule has 0 bridgehead atoms. The van der Waals surface area contributed by atoms with Crippen LogP contribution in [0.25, 0.3) is 0 Å². The second kappa shape index (κ2) is 5.00. The second-order valence-electron chi connectivity index (χ2n) is 2.33. The smallest absolute Gasteiger partial charge is 0.268 e. The minimum Gasteiger partial charge on any atom is -0.273 e. The monoisotopic (exact) mass is 198 g/mol. The molecule has 0 aliphatic rings. The van der Waals surface area contributed by atoms with E-state index in [1.165, 1.54) is 7.11 Å². The molecule has 11 heavy (non-hydrogen) atoms. The molecule has 3 nitrogen and oxygen atoms in total. The van der Waals surface area contributed by atoms with Gasteiger partial charge in [0, 0.05) is 5.25 Å². The molecule has 0 heterocycles. The van der Waals surface area contributed by atoms with Crippen molar-refractivity contribution in [2.75, 3.05) is 12.9 Å². The SMILES string of the molecule is CCCC(S)CS(=O)(=O)OC. The van der Waals surface area contributed by atoms with Crippen molar-refractivity contribution < 1.29 is 12.6 Å². The first kappa shape index (κ1) is 11.3. The molecule has 0 aliphatic heterocycles. The highest BCUT2D eigenvalue weighted by atomic mass is 32.2. The summed E-state index contributed by atoms with van der Waals surface area (Å²) in [5, 5.41) is -0.107. The molecule has 0 saturated heterocycles. The maximum absolute atomic E-state index is 10.8. The number of hydrogen-bond donors (Lipinski definition) is 1. The molecule has 0 aliphatic carbocycles. The zero-order valence-corrected chi connectivity index (χ0v) is 8.49. The second-order valence-corrected chi connectivity index (χ2v) is 4.85. The Hall–Kier alpha value is 0.260. The van der Waals surface area contributed by atoms with Crippen LogP contribution in [0.2, 0.25) is 0 Å². The van der Waals surface area contributed by atoms with Crippen LogP contribution >= 0.6 is 12.6 Å². The lowest BCUT2D eigenvalue weighted by Gasteiger charge is -2.07. The molecule has 5 heteroatoms. The molecule has 0 spiro atoms. The Bertz CT molecular complexity index is 186. The van der Waals surface area contributed by atoms with E-state index in [2.05, 4.69) is 16.8 Å². The third-order valence-electron chi connectivity index (χ3n) is 1.27. The van der Waals surface area contributed by atoms with Gasteiger partial charge in [-0.15, -0.1) is 0 Å². The van der Waals surface area contributed by atoms with Crippen LogP contribution in [0.15, 0.2) is 0 Å². The third-order valence-corrected chi connectivity index (χ3v) is 3.28. The maximum atomic E-state index is 10.8. The fourth-order valence-corrected chi connectivity index (χ4v) is 2.30. The Morgan fingerprint density at radius 2 is 2.09 bits per heavy atom. The van der Waals surface area contributed by atoms with Crippen LogP contribution in [0.3, 0.4) is 0 Å². The Labute approximate surface area is 73.7 Å². The largest absolute Gasteiger partial charge is 0.273 e. The lowest BCUT2D eigenvalue weighted by atomic mass is 10.3. The predicted octanol–water partition coefficient (Wildman–Crippen LogP) is 1.06. The predicted molar refractivity (Wildman–Crippen MR) is 48.5 cm³/mol. The van der Waals surface area contributed by atoms with Crippen LogP contribution in [0.1, 0.15) is 19.8 Å². The minimum absolute atomic E-state index is 0.000448. The normalized spacial score (nSPS) is 14.8. The fraction of sp³-hybridized carbons (Fsp3) is 1.00. The van der Waals surface area contributed by atoms with Gasteiger partial charge in [0.2, 0.25) is 0 Å². The van der Waals surface area contributed by atoms with Gasteiger partial charge in [0.25, 0.3) is 10.1 Å². The molecule has 1 unspecified atom stereocenters. The van der Waals surface area contributed by atoms with Gasteiger partial charge in [0.05, 0.1) is 12.9 Å².